The minimum absolute atomic E-state index is 0. The molecule has 5 nitrogen and oxygen atoms in total. The van der Waals surface area contributed by atoms with Gasteiger partial charge in [0.25, 0.3) is 0 Å². The number of rotatable bonds is 8. The second-order valence-electron chi connectivity index (χ2n) is 8.77. The van der Waals surface area contributed by atoms with Gasteiger partial charge in [-0.1, -0.05) is 48.5 Å². The summed E-state index contributed by atoms with van der Waals surface area (Å²) in [6.07, 6.45) is -1.90. The number of hydrogen-bond acceptors (Lipinski definition) is 4. The monoisotopic (exact) mass is 505 g/mol. The number of alkyl halides is 3. The lowest BCUT2D eigenvalue weighted by atomic mass is 9.94. The van der Waals surface area contributed by atoms with Crippen LogP contribution in [0.1, 0.15) is 25.4 Å². The fraction of sp³-hybridized carbons (Fsp3) is 0.269. The second kappa shape index (κ2) is 9.37. The summed E-state index contributed by atoms with van der Waals surface area (Å²) < 4.78 is 63.9. The summed E-state index contributed by atoms with van der Waals surface area (Å²) >= 11 is 0. The molecule has 0 radical (unpaired) electrons. The van der Waals surface area contributed by atoms with Gasteiger partial charge >= 0.3 is 6.36 Å². The van der Waals surface area contributed by atoms with Crippen LogP contribution >= 0.6 is 0 Å². The molecule has 1 fully saturated rings. The van der Waals surface area contributed by atoms with Crippen molar-refractivity contribution in [3.8, 4) is 16.9 Å². The number of carbonyl (C=O) groups excluding carboxylic acids is 1. The van der Waals surface area contributed by atoms with E-state index in [0.717, 1.165) is 16.7 Å². The molecule has 1 N–H and O–H groups in total. The van der Waals surface area contributed by atoms with Crippen LogP contribution in [-0.4, -0.2) is 32.7 Å². The van der Waals surface area contributed by atoms with Gasteiger partial charge in [0.2, 0.25) is 5.91 Å². The number of aryl methyl sites for hydroxylation is 1. The smallest absolute Gasteiger partial charge is 0.406 e. The fourth-order valence-electron chi connectivity index (χ4n) is 3.94. The molecule has 1 saturated carbocycles. The van der Waals surface area contributed by atoms with Gasteiger partial charge in [0.05, 0.1) is 11.2 Å². The van der Waals surface area contributed by atoms with Crippen LogP contribution in [0.15, 0.2) is 72.8 Å². The van der Waals surface area contributed by atoms with Gasteiger partial charge in [-0.3, -0.25) is 4.79 Å². The maximum absolute atomic E-state index is 13.1. The minimum Gasteiger partial charge on any atom is -0.406 e. The highest BCUT2D eigenvalue weighted by atomic mass is 32.2. The van der Waals surface area contributed by atoms with Gasteiger partial charge in [0.15, 0.2) is 0 Å². The van der Waals surface area contributed by atoms with Crippen molar-refractivity contribution < 1.29 is 32.5 Å². The van der Waals surface area contributed by atoms with Crippen molar-refractivity contribution in [1.29, 1.82) is 0 Å². The highest BCUT2D eigenvalue weighted by Gasteiger charge is 2.51. The molecule has 0 saturated heterocycles. The fourth-order valence-corrected chi connectivity index (χ4v) is 4.55. The molecule has 1 aliphatic carbocycles. The Labute approximate surface area is 203 Å². The predicted octanol–water partition coefficient (Wildman–Crippen LogP) is 5.76. The zero-order chi connectivity index (χ0) is 25.3. The minimum atomic E-state index is -4.77. The summed E-state index contributed by atoms with van der Waals surface area (Å²) in [5.41, 5.74) is 3.21. The first-order valence-electron chi connectivity index (χ1n) is 11.0. The first-order chi connectivity index (χ1) is 16.4. The van der Waals surface area contributed by atoms with E-state index in [-0.39, 0.29) is 18.8 Å². The Morgan fingerprint density at radius 2 is 1.66 bits per heavy atom. The quantitative estimate of drug-likeness (QED) is 0.423. The van der Waals surface area contributed by atoms with Crippen LogP contribution in [0, 0.1) is 0 Å². The molecule has 186 valence electrons. The summed E-state index contributed by atoms with van der Waals surface area (Å²) in [5.74, 6) is -0.448. The molecule has 1 amide bonds. The van der Waals surface area contributed by atoms with E-state index in [1.165, 1.54) is 30.5 Å². The van der Waals surface area contributed by atoms with Gasteiger partial charge in [-0.15, -0.1) is 13.2 Å². The summed E-state index contributed by atoms with van der Waals surface area (Å²) in [7, 11) is -3.03. The van der Waals surface area contributed by atoms with Crippen molar-refractivity contribution in [3.63, 3.8) is 0 Å². The molecular formula is C26H26F3NO4S. The van der Waals surface area contributed by atoms with Gasteiger partial charge in [-0.05, 0) is 65.8 Å². The van der Waals surface area contributed by atoms with Gasteiger partial charge in [0.1, 0.15) is 15.6 Å². The van der Waals surface area contributed by atoms with Gasteiger partial charge < -0.3 is 10.1 Å². The van der Waals surface area contributed by atoms with Crippen LogP contribution in [0.4, 0.5) is 18.9 Å². The standard InChI is InChI=1S/C26H24F3NO4S.H2/c1-35(32,33)16-13-18-5-7-19(8-6-18)20-3-2-4-22(17-20)30-24(31)25(14-15-25)21-9-11-23(12-10-21)34-26(27,28)29;/h2-12,17H,13-16H2,1H3,(H,30,31);1H. The molecule has 1 aliphatic rings. The molecule has 0 heterocycles. The zero-order valence-corrected chi connectivity index (χ0v) is 19.7. The van der Waals surface area contributed by atoms with Crippen molar-refractivity contribution in [2.75, 3.05) is 17.3 Å². The van der Waals surface area contributed by atoms with E-state index in [2.05, 4.69) is 10.1 Å². The van der Waals surface area contributed by atoms with E-state index in [4.69, 9.17) is 0 Å². The number of anilines is 1. The second-order valence-corrected chi connectivity index (χ2v) is 11.0. The van der Waals surface area contributed by atoms with E-state index in [1.54, 1.807) is 6.07 Å². The van der Waals surface area contributed by atoms with Crippen LogP contribution in [0.3, 0.4) is 0 Å². The summed E-state index contributed by atoms with van der Waals surface area (Å²) in [6.45, 7) is 0. The molecule has 4 rings (SSSR count). The van der Waals surface area contributed by atoms with E-state index in [9.17, 15) is 26.4 Å². The Hall–Kier alpha value is -3.33. The summed E-state index contributed by atoms with van der Waals surface area (Å²) in [5, 5.41) is 2.94. The van der Waals surface area contributed by atoms with Crippen LogP contribution in [0.2, 0.25) is 0 Å². The highest BCUT2D eigenvalue weighted by molar-refractivity contribution is 7.90. The highest BCUT2D eigenvalue weighted by Crippen LogP contribution is 2.49. The van der Waals surface area contributed by atoms with E-state index in [1.807, 2.05) is 42.5 Å². The van der Waals surface area contributed by atoms with Gasteiger partial charge in [-0.2, -0.15) is 0 Å². The van der Waals surface area contributed by atoms with Crippen molar-refractivity contribution in [2.45, 2.75) is 31.0 Å². The predicted molar refractivity (Wildman–Crippen MR) is 130 cm³/mol. The van der Waals surface area contributed by atoms with Crippen LogP contribution in [0.5, 0.6) is 5.75 Å². The molecule has 0 bridgehead atoms. The van der Waals surface area contributed by atoms with Crippen LogP contribution in [-0.2, 0) is 26.5 Å². The van der Waals surface area contributed by atoms with Crippen molar-refractivity contribution in [2.24, 2.45) is 0 Å². The number of hydrogen-bond donors (Lipinski definition) is 1. The van der Waals surface area contributed by atoms with Crippen molar-refractivity contribution >= 4 is 21.4 Å². The zero-order valence-electron chi connectivity index (χ0n) is 18.9. The first kappa shape index (κ1) is 24.8. The number of carbonyl (C=O) groups is 1. The molecule has 0 aliphatic heterocycles. The molecular weight excluding hydrogens is 479 g/mol. The largest absolute Gasteiger partial charge is 0.573 e. The number of sulfone groups is 1. The van der Waals surface area contributed by atoms with Gasteiger partial charge in [-0.25, -0.2) is 8.42 Å². The molecule has 0 atom stereocenters. The Bertz CT molecular complexity index is 1320. The van der Waals surface area contributed by atoms with E-state index < -0.39 is 21.6 Å². The number of ether oxygens (including phenoxy) is 1. The van der Waals surface area contributed by atoms with Crippen LogP contribution < -0.4 is 10.1 Å². The lowest BCUT2D eigenvalue weighted by molar-refractivity contribution is -0.274. The Morgan fingerprint density at radius 1 is 1.00 bits per heavy atom. The van der Waals surface area contributed by atoms with Crippen molar-refractivity contribution in [3.05, 3.63) is 83.9 Å². The Balaban J connectivity index is 0.00000361. The lowest BCUT2D eigenvalue weighted by Gasteiger charge is -2.17. The normalized spacial score (nSPS) is 14.9. The molecule has 0 spiro atoms. The molecule has 3 aromatic rings. The average Bonchev–Trinajstić information content (AvgIpc) is 3.59. The van der Waals surface area contributed by atoms with Gasteiger partial charge in [0, 0.05) is 13.4 Å². The third-order valence-corrected chi connectivity index (χ3v) is 6.94. The van der Waals surface area contributed by atoms with E-state index >= 15 is 0 Å². The number of amides is 1. The lowest BCUT2D eigenvalue weighted by Crippen LogP contribution is -2.27. The molecule has 35 heavy (non-hydrogen) atoms. The molecule has 0 unspecified atom stereocenters. The Kier molecular flexibility index (Phi) is 6.64. The third kappa shape index (κ3) is 6.42. The Morgan fingerprint density at radius 3 is 2.23 bits per heavy atom. The number of benzene rings is 3. The first-order valence-corrected chi connectivity index (χ1v) is 13.0. The van der Waals surface area contributed by atoms with Crippen molar-refractivity contribution in [1.82, 2.24) is 0 Å². The molecule has 0 aromatic heterocycles. The maximum Gasteiger partial charge on any atom is 0.573 e. The molecule has 3 aromatic carbocycles. The van der Waals surface area contributed by atoms with E-state index in [0.29, 0.717) is 30.5 Å². The average molecular weight is 506 g/mol. The summed E-state index contributed by atoms with van der Waals surface area (Å²) in [6, 6.07) is 20.4. The SMILES string of the molecule is CS(=O)(=O)CCc1ccc(-c2cccc(NC(=O)C3(c4ccc(OC(F)(F)F)cc4)CC3)c2)cc1.[HH]. The number of nitrogens with one attached hydrogen (secondary N) is 1. The number of halogens is 3. The molecule has 9 heteroatoms. The third-order valence-electron chi connectivity index (χ3n) is 5.99. The maximum atomic E-state index is 13.1. The van der Waals surface area contributed by atoms with Crippen LogP contribution in [0.25, 0.3) is 11.1 Å². The topological polar surface area (TPSA) is 72.5 Å². The summed E-state index contributed by atoms with van der Waals surface area (Å²) in [4.78, 5) is 13.1.